The number of allylic oxidation sites excluding steroid dienone is 4. The Balaban J connectivity index is 2.23. The molecule has 0 bridgehead atoms. The molecule has 1 aliphatic rings. The van der Waals surface area contributed by atoms with E-state index < -0.39 is 5.97 Å². The summed E-state index contributed by atoms with van der Waals surface area (Å²) >= 11 is 0. The SMILES string of the molecule is CC1=C(C/C=C(\C)CCC(=O)O)C(=O)c2ccccc2C1=O. The molecule has 1 aromatic rings. The number of aliphatic carboxylic acids is 1. The van der Waals surface area contributed by atoms with Crippen LogP contribution in [-0.4, -0.2) is 22.6 Å². The van der Waals surface area contributed by atoms with E-state index in [1.165, 1.54) is 0 Å². The first kappa shape index (κ1) is 15.9. The summed E-state index contributed by atoms with van der Waals surface area (Å²) in [7, 11) is 0. The van der Waals surface area contributed by atoms with Crippen LogP contribution in [0.2, 0.25) is 0 Å². The van der Waals surface area contributed by atoms with Crippen LogP contribution in [0.3, 0.4) is 0 Å². The van der Waals surface area contributed by atoms with Gasteiger partial charge >= 0.3 is 5.97 Å². The molecule has 0 saturated heterocycles. The lowest BCUT2D eigenvalue weighted by atomic mass is 9.83. The van der Waals surface area contributed by atoms with Crippen molar-refractivity contribution < 1.29 is 19.5 Å². The molecule has 0 heterocycles. The third kappa shape index (κ3) is 3.22. The minimum absolute atomic E-state index is 0.0655. The van der Waals surface area contributed by atoms with Crippen LogP contribution in [0.15, 0.2) is 47.1 Å². The molecule has 0 atom stereocenters. The number of fused-ring (bicyclic) bond motifs is 1. The third-order valence-electron chi connectivity index (χ3n) is 3.87. The minimum atomic E-state index is -0.846. The van der Waals surface area contributed by atoms with Crippen LogP contribution in [-0.2, 0) is 4.79 Å². The second-order valence-corrected chi connectivity index (χ2v) is 5.46. The smallest absolute Gasteiger partial charge is 0.303 e. The molecule has 0 aliphatic heterocycles. The molecular formula is C18H18O4. The normalized spacial score (nSPS) is 15.1. The summed E-state index contributed by atoms with van der Waals surface area (Å²) < 4.78 is 0. The number of ketones is 2. The van der Waals surface area contributed by atoms with Gasteiger partial charge in [0.25, 0.3) is 0 Å². The third-order valence-corrected chi connectivity index (χ3v) is 3.87. The van der Waals surface area contributed by atoms with Gasteiger partial charge in [-0.3, -0.25) is 14.4 Å². The van der Waals surface area contributed by atoms with E-state index in [0.29, 0.717) is 35.1 Å². The first-order chi connectivity index (χ1) is 10.4. The van der Waals surface area contributed by atoms with Gasteiger partial charge in [0.1, 0.15) is 0 Å². The van der Waals surface area contributed by atoms with Crippen molar-refractivity contribution in [2.45, 2.75) is 33.1 Å². The van der Waals surface area contributed by atoms with E-state index >= 15 is 0 Å². The van der Waals surface area contributed by atoms with Gasteiger partial charge in [0.05, 0.1) is 0 Å². The molecule has 1 N–H and O–H groups in total. The molecule has 4 heteroatoms. The average Bonchev–Trinajstić information content (AvgIpc) is 2.50. The Labute approximate surface area is 129 Å². The summed E-state index contributed by atoms with van der Waals surface area (Å²) in [6.45, 7) is 3.51. The predicted molar refractivity (Wildman–Crippen MR) is 83.0 cm³/mol. The molecule has 2 rings (SSSR count). The maximum atomic E-state index is 12.5. The summed E-state index contributed by atoms with van der Waals surface area (Å²) in [5.41, 5.74) is 2.79. The van der Waals surface area contributed by atoms with Crippen molar-refractivity contribution in [1.82, 2.24) is 0 Å². The highest BCUT2D eigenvalue weighted by Gasteiger charge is 2.28. The van der Waals surface area contributed by atoms with Crippen LogP contribution in [0, 0.1) is 0 Å². The number of carboxylic acids is 1. The zero-order chi connectivity index (χ0) is 16.3. The fourth-order valence-electron chi connectivity index (χ4n) is 2.48. The first-order valence-corrected chi connectivity index (χ1v) is 7.17. The first-order valence-electron chi connectivity index (χ1n) is 7.17. The summed E-state index contributed by atoms with van der Waals surface area (Å²) in [5, 5.41) is 8.67. The maximum Gasteiger partial charge on any atom is 0.303 e. The van der Waals surface area contributed by atoms with Crippen molar-refractivity contribution >= 4 is 17.5 Å². The monoisotopic (exact) mass is 298 g/mol. The molecule has 1 aromatic carbocycles. The van der Waals surface area contributed by atoms with E-state index in [0.717, 1.165) is 5.57 Å². The number of Topliss-reactive ketones (excluding diaryl/α,β-unsaturated/α-hetero) is 2. The van der Waals surface area contributed by atoms with Gasteiger partial charge in [-0.2, -0.15) is 0 Å². The average molecular weight is 298 g/mol. The Kier molecular flexibility index (Phi) is 4.71. The lowest BCUT2D eigenvalue weighted by Gasteiger charge is -2.18. The van der Waals surface area contributed by atoms with E-state index in [4.69, 9.17) is 5.11 Å². The molecule has 0 spiro atoms. The summed E-state index contributed by atoms with van der Waals surface area (Å²) in [6, 6.07) is 6.83. The molecule has 0 saturated carbocycles. The Morgan fingerprint density at radius 3 is 2.27 bits per heavy atom. The molecule has 0 fully saturated rings. The number of rotatable bonds is 5. The zero-order valence-corrected chi connectivity index (χ0v) is 12.7. The maximum absolute atomic E-state index is 12.5. The molecule has 114 valence electrons. The highest BCUT2D eigenvalue weighted by molar-refractivity contribution is 6.26. The highest BCUT2D eigenvalue weighted by atomic mass is 16.4. The number of hydrogen-bond acceptors (Lipinski definition) is 3. The van der Waals surface area contributed by atoms with Crippen molar-refractivity contribution in [2.24, 2.45) is 0 Å². The van der Waals surface area contributed by atoms with Crippen molar-refractivity contribution in [3.63, 3.8) is 0 Å². The molecule has 0 radical (unpaired) electrons. The molecule has 0 amide bonds. The Morgan fingerprint density at radius 2 is 1.68 bits per heavy atom. The zero-order valence-electron chi connectivity index (χ0n) is 12.7. The van der Waals surface area contributed by atoms with Gasteiger partial charge in [0.15, 0.2) is 11.6 Å². The number of hydrogen-bond donors (Lipinski definition) is 1. The van der Waals surface area contributed by atoms with Crippen LogP contribution in [0.4, 0.5) is 0 Å². The largest absolute Gasteiger partial charge is 0.481 e. The summed E-state index contributed by atoms with van der Waals surface area (Å²) in [5.74, 6) is -1.07. The quantitative estimate of drug-likeness (QED) is 0.843. The Hall–Kier alpha value is -2.49. The van der Waals surface area contributed by atoms with Gasteiger partial charge < -0.3 is 5.11 Å². The Morgan fingerprint density at radius 1 is 1.09 bits per heavy atom. The topological polar surface area (TPSA) is 71.4 Å². The van der Waals surface area contributed by atoms with E-state index in [9.17, 15) is 14.4 Å². The number of carbonyl (C=O) groups excluding carboxylic acids is 2. The summed E-state index contributed by atoms with van der Waals surface area (Å²) in [6.07, 6.45) is 2.70. The second kappa shape index (κ2) is 6.52. The van der Waals surface area contributed by atoms with Gasteiger partial charge in [-0.05, 0) is 26.7 Å². The van der Waals surface area contributed by atoms with Gasteiger partial charge in [-0.25, -0.2) is 0 Å². The van der Waals surface area contributed by atoms with E-state index in [2.05, 4.69) is 0 Å². The highest BCUT2D eigenvalue weighted by Crippen LogP contribution is 2.28. The second-order valence-electron chi connectivity index (χ2n) is 5.46. The van der Waals surface area contributed by atoms with E-state index in [1.807, 2.05) is 13.0 Å². The van der Waals surface area contributed by atoms with Crippen molar-refractivity contribution in [3.8, 4) is 0 Å². The number of carbonyl (C=O) groups is 3. The molecule has 0 unspecified atom stereocenters. The van der Waals surface area contributed by atoms with Gasteiger partial charge in [0.2, 0.25) is 0 Å². The van der Waals surface area contributed by atoms with Gasteiger partial charge in [-0.15, -0.1) is 0 Å². The van der Waals surface area contributed by atoms with Crippen LogP contribution in [0.1, 0.15) is 53.8 Å². The molecular weight excluding hydrogens is 280 g/mol. The lowest BCUT2D eigenvalue weighted by molar-refractivity contribution is -0.136. The van der Waals surface area contributed by atoms with Crippen LogP contribution in [0.25, 0.3) is 0 Å². The fourth-order valence-corrected chi connectivity index (χ4v) is 2.48. The van der Waals surface area contributed by atoms with E-state index in [-0.39, 0.29) is 18.0 Å². The van der Waals surface area contributed by atoms with Crippen molar-refractivity contribution in [1.29, 1.82) is 0 Å². The standard InChI is InChI=1S/C18H18O4/c1-11(8-10-16(19)20)7-9-13-12(2)17(21)14-5-3-4-6-15(14)18(13)22/h3-7H,8-10H2,1-2H3,(H,19,20)/b11-7+. The molecule has 22 heavy (non-hydrogen) atoms. The van der Waals surface area contributed by atoms with Gasteiger partial charge in [-0.1, -0.05) is 35.9 Å². The fraction of sp³-hybridized carbons (Fsp3) is 0.278. The number of carboxylic acid groups (broad SMARTS) is 1. The number of benzene rings is 1. The molecule has 0 aromatic heterocycles. The molecule has 1 aliphatic carbocycles. The van der Waals surface area contributed by atoms with Crippen molar-refractivity contribution in [3.05, 3.63) is 58.2 Å². The van der Waals surface area contributed by atoms with E-state index in [1.54, 1.807) is 31.2 Å². The van der Waals surface area contributed by atoms with Crippen molar-refractivity contribution in [2.75, 3.05) is 0 Å². The molecule has 4 nitrogen and oxygen atoms in total. The van der Waals surface area contributed by atoms with Gasteiger partial charge in [0, 0.05) is 28.7 Å². The van der Waals surface area contributed by atoms with Crippen LogP contribution in [0.5, 0.6) is 0 Å². The Bertz CT molecular complexity index is 708. The lowest BCUT2D eigenvalue weighted by Crippen LogP contribution is -2.20. The van der Waals surface area contributed by atoms with Crippen LogP contribution >= 0.6 is 0 Å². The van der Waals surface area contributed by atoms with Crippen LogP contribution < -0.4 is 0 Å². The predicted octanol–water partition coefficient (Wildman–Crippen LogP) is 3.58. The minimum Gasteiger partial charge on any atom is -0.481 e. The summed E-state index contributed by atoms with van der Waals surface area (Å²) in [4.78, 5) is 35.4.